The number of carboxylic acids is 1. The molecule has 3 nitrogen and oxygen atoms in total. The third-order valence-electron chi connectivity index (χ3n) is 3.08. The molecule has 0 radical (unpaired) electrons. The summed E-state index contributed by atoms with van der Waals surface area (Å²) in [6, 6.07) is 12.4. The number of carbonyl (C=O) groups is 1. The molecule has 0 saturated carbocycles. The fourth-order valence-electron chi connectivity index (χ4n) is 1.92. The van der Waals surface area contributed by atoms with E-state index in [4.69, 9.17) is 11.6 Å². The van der Waals surface area contributed by atoms with E-state index < -0.39 is 17.3 Å². The number of carboxylic acid groups (broad SMARTS) is 1. The van der Waals surface area contributed by atoms with E-state index in [1.54, 1.807) is 30.3 Å². The van der Waals surface area contributed by atoms with Gasteiger partial charge in [-0.15, -0.1) is 0 Å². The predicted octanol–water partition coefficient (Wildman–Crippen LogP) is 3.89. The van der Waals surface area contributed by atoms with Crippen molar-refractivity contribution < 1.29 is 14.3 Å². The van der Waals surface area contributed by atoms with Gasteiger partial charge in [-0.25, -0.2) is 9.18 Å². The minimum atomic E-state index is -1.57. The Morgan fingerprint density at radius 3 is 2.35 bits per heavy atom. The second-order valence-electron chi connectivity index (χ2n) is 4.54. The first-order valence-corrected chi connectivity index (χ1v) is 6.33. The number of nitrogens with one attached hydrogen (secondary N) is 1. The summed E-state index contributed by atoms with van der Waals surface area (Å²) in [5.41, 5.74) is -0.955. The fraction of sp³-hybridized carbons (Fsp3) is 0.133. The van der Waals surface area contributed by atoms with Crippen LogP contribution in [0.5, 0.6) is 0 Å². The predicted molar refractivity (Wildman–Crippen MR) is 76.5 cm³/mol. The Labute approximate surface area is 121 Å². The highest BCUT2D eigenvalue weighted by molar-refractivity contribution is 6.30. The van der Waals surface area contributed by atoms with Gasteiger partial charge >= 0.3 is 5.97 Å². The number of anilines is 1. The van der Waals surface area contributed by atoms with Gasteiger partial charge in [0.15, 0.2) is 5.54 Å². The van der Waals surface area contributed by atoms with Crippen LogP contribution < -0.4 is 5.32 Å². The minimum Gasteiger partial charge on any atom is -0.479 e. The highest BCUT2D eigenvalue weighted by Gasteiger charge is 2.37. The van der Waals surface area contributed by atoms with Crippen LogP contribution >= 0.6 is 11.6 Å². The molecule has 0 aliphatic carbocycles. The molecular weight excluding hydrogens is 281 g/mol. The second-order valence-corrected chi connectivity index (χ2v) is 4.98. The van der Waals surface area contributed by atoms with E-state index in [2.05, 4.69) is 5.32 Å². The smallest absolute Gasteiger partial charge is 0.333 e. The van der Waals surface area contributed by atoms with Gasteiger partial charge in [-0.2, -0.15) is 0 Å². The first-order valence-electron chi connectivity index (χ1n) is 5.95. The Bertz CT molecular complexity index is 630. The zero-order valence-corrected chi connectivity index (χ0v) is 11.5. The summed E-state index contributed by atoms with van der Waals surface area (Å²) in [6.07, 6.45) is 0. The summed E-state index contributed by atoms with van der Waals surface area (Å²) in [5.74, 6) is -1.74. The first-order chi connectivity index (χ1) is 9.43. The van der Waals surface area contributed by atoms with Gasteiger partial charge in [-0.1, -0.05) is 29.8 Å². The molecule has 2 aromatic carbocycles. The molecule has 104 valence electrons. The van der Waals surface area contributed by atoms with Gasteiger partial charge in [0.05, 0.1) is 0 Å². The molecule has 2 rings (SSSR count). The summed E-state index contributed by atoms with van der Waals surface area (Å²) in [4.78, 5) is 11.6. The van der Waals surface area contributed by atoms with Crippen molar-refractivity contribution in [2.45, 2.75) is 12.5 Å². The normalized spacial score (nSPS) is 13.6. The summed E-state index contributed by atoms with van der Waals surface area (Å²) in [7, 11) is 0. The average molecular weight is 294 g/mol. The molecule has 20 heavy (non-hydrogen) atoms. The summed E-state index contributed by atoms with van der Waals surface area (Å²) < 4.78 is 13.9. The van der Waals surface area contributed by atoms with Crippen LogP contribution in [-0.2, 0) is 10.3 Å². The second kappa shape index (κ2) is 5.51. The maximum Gasteiger partial charge on any atom is 0.333 e. The first kappa shape index (κ1) is 14.3. The minimum absolute atomic E-state index is 0.0717. The Kier molecular flexibility index (Phi) is 3.95. The van der Waals surface area contributed by atoms with Crippen molar-refractivity contribution in [3.8, 4) is 0 Å². The molecule has 0 spiro atoms. The van der Waals surface area contributed by atoms with E-state index in [0.717, 1.165) is 0 Å². The Morgan fingerprint density at radius 2 is 1.80 bits per heavy atom. The lowest BCUT2D eigenvalue weighted by Gasteiger charge is -2.28. The average Bonchev–Trinajstić information content (AvgIpc) is 2.41. The van der Waals surface area contributed by atoms with Crippen molar-refractivity contribution in [2.24, 2.45) is 0 Å². The van der Waals surface area contributed by atoms with Crippen molar-refractivity contribution in [1.29, 1.82) is 0 Å². The van der Waals surface area contributed by atoms with Crippen molar-refractivity contribution in [3.05, 3.63) is 64.9 Å². The van der Waals surface area contributed by atoms with Gasteiger partial charge in [0.1, 0.15) is 5.82 Å². The lowest BCUT2D eigenvalue weighted by Crippen LogP contribution is -2.41. The van der Waals surface area contributed by atoms with E-state index in [1.807, 2.05) is 0 Å². The van der Waals surface area contributed by atoms with Crippen LogP contribution in [-0.4, -0.2) is 11.1 Å². The zero-order chi connectivity index (χ0) is 14.8. The molecule has 2 N–H and O–H groups in total. The molecule has 0 aromatic heterocycles. The number of hydrogen-bond acceptors (Lipinski definition) is 2. The molecular formula is C15H13ClFNO2. The van der Waals surface area contributed by atoms with Crippen molar-refractivity contribution in [3.63, 3.8) is 0 Å². The number of halogens is 2. The topological polar surface area (TPSA) is 49.3 Å². The number of benzene rings is 2. The van der Waals surface area contributed by atoms with Crippen LogP contribution in [0.4, 0.5) is 10.1 Å². The summed E-state index contributed by atoms with van der Waals surface area (Å²) in [6.45, 7) is 1.42. The third kappa shape index (κ3) is 2.75. The van der Waals surface area contributed by atoms with Crippen molar-refractivity contribution in [2.75, 3.05) is 5.32 Å². The van der Waals surface area contributed by atoms with Crippen LogP contribution in [0.15, 0.2) is 48.5 Å². The van der Waals surface area contributed by atoms with Gasteiger partial charge in [-0.05, 0) is 37.3 Å². The standard InChI is InChI=1S/C15H13ClFNO2/c1-15(14(19)20,12-4-2-3-5-13(12)17)18-11-8-6-10(16)7-9-11/h2-9,18H,1H3,(H,19,20). The number of rotatable bonds is 4. The van der Waals surface area contributed by atoms with E-state index >= 15 is 0 Å². The van der Waals surface area contributed by atoms with Crippen molar-refractivity contribution in [1.82, 2.24) is 0 Å². The fourth-order valence-corrected chi connectivity index (χ4v) is 2.05. The molecule has 0 saturated heterocycles. The van der Waals surface area contributed by atoms with Gasteiger partial charge < -0.3 is 10.4 Å². The Balaban J connectivity index is 2.43. The molecule has 1 unspecified atom stereocenters. The molecule has 0 aliphatic rings. The Morgan fingerprint density at radius 1 is 1.20 bits per heavy atom. The van der Waals surface area contributed by atoms with E-state index in [9.17, 15) is 14.3 Å². The highest BCUT2D eigenvalue weighted by atomic mass is 35.5. The number of aliphatic carboxylic acids is 1. The van der Waals surface area contributed by atoms with E-state index in [-0.39, 0.29) is 5.56 Å². The van der Waals surface area contributed by atoms with Crippen molar-refractivity contribution >= 4 is 23.3 Å². The molecule has 0 amide bonds. The molecule has 2 aromatic rings. The van der Waals surface area contributed by atoms with Crippen LogP contribution in [0.1, 0.15) is 12.5 Å². The number of hydrogen-bond donors (Lipinski definition) is 2. The quantitative estimate of drug-likeness (QED) is 0.899. The highest BCUT2D eigenvalue weighted by Crippen LogP contribution is 2.29. The van der Waals surface area contributed by atoms with Crippen LogP contribution in [0.25, 0.3) is 0 Å². The zero-order valence-electron chi connectivity index (χ0n) is 10.7. The SMILES string of the molecule is CC(Nc1ccc(Cl)cc1)(C(=O)O)c1ccccc1F. The molecule has 0 bridgehead atoms. The molecule has 0 heterocycles. The summed E-state index contributed by atoms with van der Waals surface area (Å²) >= 11 is 5.78. The van der Waals surface area contributed by atoms with Gasteiger partial charge in [0.2, 0.25) is 0 Å². The molecule has 5 heteroatoms. The Hall–Kier alpha value is -2.07. The lowest BCUT2D eigenvalue weighted by molar-refractivity contribution is -0.142. The van der Waals surface area contributed by atoms with Gasteiger partial charge in [0.25, 0.3) is 0 Å². The van der Waals surface area contributed by atoms with Crippen LogP contribution in [0, 0.1) is 5.82 Å². The largest absolute Gasteiger partial charge is 0.479 e. The molecule has 0 aliphatic heterocycles. The maximum atomic E-state index is 13.9. The van der Waals surface area contributed by atoms with Crippen LogP contribution in [0.2, 0.25) is 5.02 Å². The summed E-state index contributed by atoms with van der Waals surface area (Å²) in [5, 5.41) is 12.9. The van der Waals surface area contributed by atoms with Crippen LogP contribution in [0.3, 0.4) is 0 Å². The van der Waals surface area contributed by atoms with E-state index in [0.29, 0.717) is 10.7 Å². The maximum absolute atomic E-state index is 13.9. The molecule has 0 fully saturated rings. The monoisotopic (exact) mass is 293 g/mol. The molecule has 1 atom stereocenters. The van der Waals surface area contributed by atoms with Gasteiger partial charge in [-0.3, -0.25) is 0 Å². The van der Waals surface area contributed by atoms with Gasteiger partial charge in [0, 0.05) is 16.3 Å². The third-order valence-corrected chi connectivity index (χ3v) is 3.33. The van der Waals surface area contributed by atoms with E-state index in [1.165, 1.54) is 25.1 Å². The lowest BCUT2D eigenvalue weighted by atomic mass is 9.91.